The second kappa shape index (κ2) is 16.2. The fourth-order valence-corrected chi connectivity index (χ4v) is 10.9. The molecule has 1 aliphatic rings. The van der Waals surface area contributed by atoms with Crippen molar-refractivity contribution >= 4 is 21.8 Å². The number of hydrogen-bond donors (Lipinski definition) is 0. The lowest BCUT2D eigenvalue weighted by molar-refractivity contribution is 0.770. The van der Waals surface area contributed by atoms with E-state index in [0.29, 0.717) is 5.82 Å². The van der Waals surface area contributed by atoms with Crippen LogP contribution in [0.4, 0.5) is 0 Å². The summed E-state index contributed by atoms with van der Waals surface area (Å²) in [6.07, 6.45) is 0. The van der Waals surface area contributed by atoms with Gasteiger partial charge in [0.15, 0.2) is 5.82 Å². The Hall–Kier alpha value is -8.92. The van der Waals surface area contributed by atoms with Crippen LogP contribution in [0.3, 0.4) is 0 Å². The second-order valence-corrected chi connectivity index (χ2v) is 17.7. The average molecular weight is 866 g/mol. The maximum Gasteiger partial charge on any atom is 0.160 e. The Balaban J connectivity index is 0.908. The van der Waals surface area contributed by atoms with Gasteiger partial charge in [-0.05, 0) is 98.1 Å². The van der Waals surface area contributed by atoms with Gasteiger partial charge in [0.05, 0.1) is 27.8 Å². The van der Waals surface area contributed by atoms with Crippen LogP contribution in [0.25, 0.3) is 94.8 Å². The predicted molar refractivity (Wildman–Crippen MR) is 281 cm³/mol. The molecule has 0 unspecified atom stereocenters. The highest BCUT2D eigenvalue weighted by atomic mass is 15.0. The molecule has 2 aromatic heterocycles. The van der Waals surface area contributed by atoms with E-state index in [2.05, 4.69) is 253 Å². The Morgan fingerprint density at radius 2 is 0.809 bits per heavy atom. The number of para-hydroxylation sites is 1. The quantitative estimate of drug-likeness (QED) is 0.152. The topological polar surface area (TPSA) is 30.7 Å². The third-order valence-electron chi connectivity index (χ3n) is 13.9. The van der Waals surface area contributed by atoms with Crippen LogP contribution < -0.4 is 0 Å². The van der Waals surface area contributed by atoms with Crippen LogP contribution in [0, 0.1) is 0 Å². The van der Waals surface area contributed by atoms with Crippen molar-refractivity contribution in [3.8, 4) is 73.0 Å². The molecular formula is C65H43N3. The molecule has 0 radical (unpaired) electrons. The third-order valence-corrected chi connectivity index (χ3v) is 13.9. The van der Waals surface area contributed by atoms with E-state index in [9.17, 15) is 0 Å². The predicted octanol–water partition coefficient (Wildman–Crippen LogP) is 16.3. The lowest BCUT2D eigenvalue weighted by Gasteiger charge is -2.35. The summed E-state index contributed by atoms with van der Waals surface area (Å²) >= 11 is 0. The molecule has 0 atom stereocenters. The number of nitrogens with zero attached hydrogens (tertiary/aromatic N) is 3. The molecule has 0 bridgehead atoms. The van der Waals surface area contributed by atoms with Gasteiger partial charge in [0, 0.05) is 33.2 Å². The fourth-order valence-electron chi connectivity index (χ4n) is 10.9. The maximum absolute atomic E-state index is 5.13. The minimum atomic E-state index is -0.488. The normalized spacial score (nSPS) is 12.5. The molecule has 0 saturated carbocycles. The summed E-state index contributed by atoms with van der Waals surface area (Å²) in [5, 5.41) is 2.42. The monoisotopic (exact) mass is 865 g/mol. The van der Waals surface area contributed by atoms with E-state index in [1.165, 1.54) is 60.8 Å². The van der Waals surface area contributed by atoms with Gasteiger partial charge in [-0.3, -0.25) is 0 Å². The lowest BCUT2D eigenvalue weighted by Crippen LogP contribution is -2.29. The van der Waals surface area contributed by atoms with Crippen molar-refractivity contribution in [1.29, 1.82) is 0 Å². The van der Waals surface area contributed by atoms with Crippen LogP contribution >= 0.6 is 0 Å². The van der Waals surface area contributed by atoms with Crippen molar-refractivity contribution in [3.05, 3.63) is 283 Å². The zero-order valence-electron chi connectivity index (χ0n) is 37.2. The molecule has 68 heavy (non-hydrogen) atoms. The molecule has 0 N–H and O–H groups in total. The van der Waals surface area contributed by atoms with Crippen molar-refractivity contribution in [2.45, 2.75) is 5.41 Å². The average Bonchev–Trinajstić information content (AvgIpc) is 3.92. The van der Waals surface area contributed by atoms with Crippen molar-refractivity contribution in [2.24, 2.45) is 0 Å². The van der Waals surface area contributed by atoms with Gasteiger partial charge in [0.1, 0.15) is 0 Å². The first-order valence-electron chi connectivity index (χ1n) is 23.3. The standard InChI is InChI=1S/C65H43N3/c1-5-19-45(20-6-1)59-43-60(46-21-7-2-8-22-46)67-64(66-59)49-24-17-23-47(41-49)48-37-40-62-57(42-48)55-30-14-16-34-61(55)68(62)52-38-35-44(36-39-52)53-31-18-32-56-54-29-13-15-33-58(54)65(63(53)56,50-25-9-3-10-26-50)51-27-11-4-12-28-51/h1-43H. The summed E-state index contributed by atoms with van der Waals surface area (Å²) in [6.45, 7) is 0. The molecule has 10 aromatic carbocycles. The van der Waals surface area contributed by atoms with Gasteiger partial charge >= 0.3 is 0 Å². The van der Waals surface area contributed by atoms with Crippen LogP contribution in [0.1, 0.15) is 22.3 Å². The molecular weight excluding hydrogens is 823 g/mol. The Morgan fingerprint density at radius 3 is 1.50 bits per heavy atom. The highest BCUT2D eigenvalue weighted by Gasteiger charge is 2.47. The Morgan fingerprint density at radius 1 is 0.309 bits per heavy atom. The SMILES string of the molecule is c1ccc(-c2cc(-c3ccccc3)nc(-c3cccc(-c4ccc5c(c4)c4ccccc4n5-c4ccc(-c5cccc6c5C(c5ccccc5)(c5ccccc5)c5ccccc5-6)cc4)c3)n2)cc1. The van der Waals surface area contributed by atoms with Crippen molar-refractivity contribution in [2.75, 3.05) is 0 Å². The summed E-state index contributed by atoms with van der Waals surface area (Å²) in [6, 6.07) is 94.2. The molecule has 0 saturated heterocycles. The molecule has 2 heterocycles. The van der Waals surface area contributed by atoms with Crippen LogP contribution in [0.15, 0.2) is 261 Å². The molecule has 0 aliphatic heterocycles. The van der Waals surface area contributed by atoms with E-state index in [1.54, 1.807) is 0 Å². The Bertz CT molecular complexity index is 3720. The second-order valence-electron chi connectivity index (χ2n) is 17.7. The van der Waals surface area contributed by atoms with E-state index >= 15 is 0 Å². The van der Waals surface area contributed by atoms with Gasteiger partial charge in [0.25, 0.3) is 0 Å². The first-order chi connectivity index (χ1) is 33.7. The van der Waals surface area contributed by atoms with E-state index < -0.39 is 5.41 Å². The van der Waals surface area contributed by atoms with Crippen LogP contribution in [-0.4, -0.2) is 14.5 Å². The van der Waals surface area contributed by atoms with Gasteiger partial charge in [-0.15, -0.1) is 0 Å². The van der Waals surface area contributed by atoms with Crippen LogP contribution in [0.2, 0.25) is 0 Å². The molecule has 3 heteroatoms. The number of aromatic nitrogens is 3. The smallest absolute Gasteiger partial charge is 0.160 e. The maximum atomic E-state index is 5.13. The van der Waals surface area contributed by atoms with Gasteiger partial charge in [-0.1, -0.05) is 218 Å². The highest BCUT2D eigenvalue weighted by molar-refractivity contribution is 6.10. The molecule has 13 rings (SSSR count). The third kappa shape index (κ3) is 6.35. The molecule has 1 aliphatic carbocycles. The summed E-state index contributed by atoms with van der Waals surface area (Å²) < 4.78 is 2.41. The van der Waals surface area contributed by atoms with Crippen LogP contribution in [0.5, 0.6) is 0 Å². The minimum absolute atomic E-state index is 0.488. The number of fused-ring (bicyclic) bond motifs is 6. The Labute approximate surface area is 396 Å². The summed E-state index contributed by atoms with van der Waals surface area (Å²) in [5.41, 5.74) is 20.3. The van der Waals surface area contributed by atoms with Crippen molar-refractivity contribution in [3.63, 3.8) is 0 Å². The summed E-state index contributed by atoms with van der Waals surface area (Å²) in [5.74, 6) is 0.698. The van der Waals surface area contributed by atoms with Crippen molar-refractivity contribution < 1.29 is 0 Å². The molecule has 0 fully saturated rings. The zero-order valence-corrected chi connectivity index (χ0v) is 37.2. The van der Waals surface area contributed by atoms with Gasteiger partial charge < -0.3 is 4.57 Å². The summed E-state index contributed by atoms with van der Waals surface area (Å²) in [4.78, 5) is 10.3. The summed E-state index contributed by atoms with van der Waals surface area (Å²) in [7, 11) is 0. The Kier molecular flexibility index (Phi) is 9.40. The number of rotatable bonds is 8. The minimum Gasteiger partial charge on any atom is -0.309 e. The molecule has 3 nitrogen and oxygen atoms in total. The number of benzene rings is 10. The number of hydrogen-bond acceptors (Lipinski definition) is 2. The van der Waals surface area contributed by atoms with Gasteiger partial charge in [0.2, 0.25) is 0 Å². The van der Waals surface area contributed by atoms with E-state index in [0.717, 1.165) is 50.4 Å². The molecule has 318 valence electrons. The van der Waals surface area contributed by atoms with E-state index in [4.69, 9.17) is 9.97 Å². The first-order valence-corrected chi connectivity index (χ1v) is 23.3. The van der Waals surface area contributed by atoms with Crippen molar-refractivity contribution in [1.82, 2.24) is 14.5 Å². The van der Waals surface area contributed by atoms with Crippen LogP contribution in [-0.2, 0) is 5.41 Å². The fraction of sp³-hybridized carbons (Fsp3) is 0.0154. The van der Waals surface area contributed by atoms with E-state index in [1.807, 2.05) is 12.1 Å². The largest absolute Gasteiger partial charge is 0.309 e. The molecule has 0 amide bonds. The van der Waals surface area contributed by atoms with Gasteiger partial charge in [-0.25, -0.2) is 9.97 Å². The van der Waals surface area contributed by atoms with Gasteiger partial charge in [-0.2, -0.15) is 0 Å². The first kappa shape index (κ1) is 39.4. The molecule has 0 spiro atoms. The van der Waals surface area contributed by atoms with E-state index in [-0.39, 0.29) is 0 Å². The highest BCUT2D eigenvalue weighted by Crippen LogP contribution is 2.58. The lowest BCUT2D eigenvalue weighted by atomic mass is 9.66. The zero-order chi connectivity index (χ0) is 45.0. The molecule has 12 aromatic rings.